The Kier molecular flexibility index (Phi) is 5.01. The van der Waals surface area contributed by atoms with Crippen molar-refractivity contribution in [2.75, 3.05) is 13.1 Å². The van der Waals surface area contributed by atoms with Crippen LogP contribution >= 0.6 is 0 Å². The first-order chi connectivity index (χ1) is 8.41. The molecule has 0 aliphatic heterocycles. The summed E-state index contributed by atoms with van der Waals surface area (Å²) in [5, 5.41) is 0.0443. The van der Waals surface area contributed by atoms with Gasteiger partial charge in [0, 0.05) is 25.8 Å². The summed E-state index contributed by atoms with van der Waals surface area (Å²) < 4.78 is 25.9. The van der Waals surface area contributed by atoms with Crippen molar-refractivity contribution in [1.82, 2.24) is 9.29 Å². The predicted octanol–water partition coefficient (Wildman–Crippen LogP) is 1.13. The van der Waals surface area contributed by atoms with Crippen LogP contribution in [0, 0.1) is 0 Å². The highest BCUT2D eigenvalue weighted by Gasteiger charge is 2.24. The van der Waals surface area contributed by atoms with Crippen LogP contribution in [0.5, 0.6) is 0 Å². The average Bonchev–Trinajstić information content (AvgIpc) is 2.35. The third kappa shape index (κ3) is 3.38. The van der Waals surface area contributed by atoms with Gasteiger partial charge in [0.05, 0.1) is 0 Å². The molecule has 0 aromatic carbocycles. The Bertz CT molecular complexity index is 509. The van der Waals surface area contributed by atoms with Gasteiger partial charge in [-0.2, -0.15) is 4.31 Å². The Morgan fingerprint density at radius 1 is 1.50 bits per heavy atom. The van der Waals surface area contributed by atoms with Crippen LogP contribution in [0.3, 0.4) is 0 Å². The maximum absolute atomic E-state index is 12.3. The molecule has 0 spiro atoms. The molecule has 18 heavy (non-hydrogen) atoms. The van der Waals surface area contributed by atoms with E-state index in [1.807, 2.05) is 0 Å². The monoisotopic (exact) mass is 269 g/mol. The molecule has 1 aromatic rings. The first-order valence-corrected chi connectivity index (χ1v) is 7.15. The molecule has 0 fully saturated rings. The molecule has 0 amide bonds. The lowest BCUT2D eigenvalue weighted by atomic mass is 10.3. The minimum atomic E-state index is -3.55. The van der Waals surface area contributed by atoms with Gasteiger partial charge in [0.25, 0.3) is 10.0 Å². The Balaban J connectivity index is 3.06. The third-order valence-electron chi connectivity index (χ3n) is 2.44. The van der Waals surface area contributed by atoms with E-state index < -0.39 is 10.0 Å². The van der Waals surface area contributed by atoms with Crippen molar-refractivity contribution in [3.8, 4) is 0 Å². The number of pyridine rings is 1. The van der Waals surface area contributed by atoms with Crippen LogP contribution < -0.4 is 5.73 Å². The second kappa shape index (κ2) is 6.08. The zero-order chi connectivity index (χ0) is 13.8. The summed E-state index contributed by atoms with van der Waals surface area (Å²) >= 11 is 0. The van der Waals surface area contributed by atoms with Crippen molar-refractivity contribution in [1.29, 1.82) is 0 Å². The molecule has 0 saturated carbocycles. The normalized spacial score (nSPS) is 11.8. The van der Waals surface area contributed by atoms with Crippen LogP contribution in [-0.4, -0.2) is 30.8 Å². The molecular formula is C12H19N3O2S. The van der Waals surface area contributed by atoms with E-state index in [9.17, 15) is 8.42 Å². The van der Waals surface area contributed by atoms with Crippen LogP contribution in [0.2, 0.25) is 0 Å². The van der Waals surface area contributed by atoms with Gasteiger partial charge < -0.3 is 5.73 Å². The maximum Gasteiger partial charge on any atom is 0.260 e. The molecule has 0 saturated heterocycles. The Hall–Kier alpha value is -1.24. The quantitative estimate of drug-likeness (QED) is 0.785. The Morgan fingerprint density at radius 3 is 2.56 bits per heavy atom. The standard InChI is InChI=1S/C12H19N3O2S/c1-4-15(9-10(2)3)18(16,17)12-6-5-11(7-13)8-14-12/h5-6,8H,2,4,7,9,13H2,1,3H3. The van der Waals surface area contributed by atoms with Gasteiger partial charge in [-0.25, -0.2) is 13.4 Å². The number of sulfonamides is 1. The van der Waals surface area contributed by atoms with Crippen molar-refractivity contribution < 1.29 is 8.42 Å². The predicted molar refractivity (Wildman–Crippen MR) is 71.4 cm³/mol. The highest BCUT2D eigenvalue weighted by molar-refractivity contribution is 7.89. The Morgan fingerprint density at radius 2 is 2.17 bits per heavy atom. The minimum absolute atomic E-state index is 0.0443. The molecule has 1 rings (SSSR count). The van der Waals surface area contributed by atoms with Crippen LogP contribution in [0.15, 0.2) is 35.5 Å². The molecule has 1 heterocycles. The van der Waals surface area contributed by atoms with Crippen molar-refractivity contribution in [3.05, 3.63) is 36.0 Å². The van der Waals surface area contributed by atoms with Gasteiger partial charge in [-0.15, -0.1) is 0 Å². The highest BCUT2D eigenvalue weighted by atomic mass is 32.2. The van der Waals surface area contributed by atoms with Crippen molar-refractivity contribution in [3.63, 3.8) is 0 Å². The molecule has 1 aromatic heterocycles. The van der Waals surface area contributed by atoms with Gasteiger partial charge in [-0.3, -0.25) is 0 Å². The van der Waals surface area contributed by atoms with Gasteiger partial charge in [-0.05, 0) is 18.6 Å². The number of rotatable bonds is 6. The number of nitrogens with two attached hydrogens (primary N) is 1. The zero-order valence-electron chi connectivity index (χ0n) is 10.8. The molecule has 0 aliphatic carbocycles. The summed E-state index contributed by atoms with van der Waals surface area (Å²) in [5.74, 6) is 0. The van der Waals surface area contributed by atoms with E-state index in [0.29, 0.717) is 19.6 Å². The highest BCUT2D eigenvalue weighted by Crippen LogP contribution is 2.14. The van der Waals surface area contributed by atoms with Gasteiger partial charge in [0.15, 0.2) is 5.03 Å². The summed E-state index contributed by atoms with van der Waals surface area (Å²) in [6, 6.07) is 3.16. The topological polar surface area (TPSA) is 76.3 Å². The molecule has 0 bridgehead atoms. The van der Waals surface area contributed by atoms with Crippen LogP contribution in [0.4, 0.5) is 0 Å². The van der Waals surface area contributed by atoms with E-state index in [4.69, 9.17) is 5.73 Å². The molecule has 100 valence electrons. The average molecular weight is 269 g/mol. The number of likely N-dealkylation sites (N-methyl/N-ethyl adjacent to an activating group) is 1. The Labute approximate surface area is 108 Å². The summed E-state index contributed by atoms with van der Waals surface area (Å²) in [6.07, 6.45) is 1.49. The fourth-order valence-corrected chi connectivity index (χ4v) is 2.91. The van der Waals surface area contributed by atoms with Gasteiger partial charge in [0.2, 0.25) is 0 Å². The molecule has 6 heteroatoms. The number of aromatic nitrogens is 1. The van der Waals surface area contributed by atoms with Crippen molar-refractivity contribution in [2.45, 2.75) is 25.4 Å². The number of hydrogen-bond donors (Lipinski definition) is 1. The third-order valence-corrected chi connectivity index (χ3v) is 4.27. The summed E-state index contributed by atoms with van der Waals surface area (Å²) in [7, 11) is -3.55. The van der Waals surface area contributed by atoms with Crippen LogP contribution in [-0.2, 0) is 16.6 Å². The van der Waals surface area contributed by atoms with E-state index in [-0.39, 0.29) is 5.03 Å². The largest absolute Gasteiger partial charge is 0.326 e. The maximum atomic E-state index is 12.3. The molecule has 0 unspecified atom stereocenters. The molecular weight excluding hydrogens is 250 g/mol. The second-order valence-corrected chi connectivity index (χ2v) is 5.98. The molecule has 2 N–H and O–H groups in total. The number of nitrogens with zero attached hydrogens (tertiary/aromatic N) is 2. The zero-order valence-corrected chi connectivity index (χ0v) is 11.6. The smallest absolute Gasteiger partial charge is 0.260 e. The van der Waals surface area contributed by atoms with Crippen LogP contribution in [0.25, 0.3) is 0 Å². The summed E-state index contributed by atoms with van der Waals surface area (Å²) in [4.78, 5) is 3.96. The molecule has 0 atom stereocenters. The lowest BCUT2D eigenvalue weighted by Crippen LogP contribution is -2.32. The lowest BCUT2D eigenvalue weighted by molar-refractivity contribution is 0.450. The van der Waals surface area contributed by atoms with E-state index in [0.717, 1.165) is 11.1 Å². The summed E-state index contributed by atoms with van der Waals surface area (Å²) in [5.41, 5.74) is 7.04. The first kappa shape index (κ1) is 14.8. The van der Waals surface area contributed by atoms with Gasteiger partial charge >= 0.3 is 0 Å². The van der Waals surface area contributed by atoms with Gasteiger partial charge in [0.1, 0.15) is 0 Å². The van der Waals surface area contributed by atoms with Crippen LogP contribution in [0.1, 0.15) is 19.4 Å². The van der Waals surface area contributed by atoms with E-state index >= 15 is 0 Å². The van der Waals surface area contributed by atoms with Crippen molar-refractivity contribution >= 4 is 10.0 Å². The van der Waals surface area contributed by atoms with E-state index in [2.05, 4.69) is 11.6 Å². The van der Waals surface area contributed by atoms with E-state index in [1.165, 1.54) is 16.6 Å². The SMILES string of the molecule is C=C(C)CN(CC)S(=O)(=O)c1ccc(CN)cn1. The first-order valence-electron chi connectivity index (χ1n) is 5.71. The molecule has 5 nitrogen and oxygen atoms in total. The minimum Gasteiger partial charge on any atom is -0.326 e. The second-order valence-electron chi connectivity index (χ2n) is 4.10. The van der Waals surface area contributed by atoms with Crippen molar-refractivity contribution in [2.24, 2.45) is 5.73 Å². The number of hydrogen-bond acceptors (Lipinski definition) is 4. The fourth-order valence-electron chi connectivity index (χ4n) is 1.48. The van der Waals surface area contributed by atoms with Gasteiger partial charge in [-0.1, -0.05) is 25.1 Å². The molecule has 0 radical (unpaired) electrons. The van der Waals surface area contributed by atoms with E-state index in [1.54, 1.807) is 19.9 Å². The molecule has 0 aliphatic rings. The lowest BCUT2D eigenvalue weighted by Gasteiger charge is -2.19. The summed E-state index contributed by atoms with van der Waals surface area (Å²) in [6.45, 7) is 8.35. The fraction of sp³-hybridized carbons (Fsp3) is 0.417.